The van der Waals surface area contributed by atoms with Crippen LogP contribution in [0.3, 0.4) is 0 Å². The number of amides is 2. The summed E-state index contributed by atoms with van der Waals surface area (Å²) in [5, 5.41) is 13.1. The minimum Gasteiger partial charge on any atom is -0.506 e. The van der Waals surface area contributed by atoms with Crippen LogP contribution < -0.4 is 10.2 Å². The van der Waals surface area contributed by atoms with Gasteiger partial charge in [0.15, 0.2) is 0 Å². The Morgan fingerprint density at radius 3 is 2.29 bits per heavy atom. The molecule has 1 saturated carbocycles. The van der Waals surface area contributed by atoms with E-state index < -0.39 is 6.04 Å². The third-order valence-electron chi connectivity index (χ3n) is 6.02. The maximum atomic E-state index is 13.1. The van der Waals surface area contributed by atoms with Gasteiger partial charge in [0.1, 0.15) is 11.8 Å². The van der Waals surface area contributed by atoms with E-state index in [9.17, 15) is 14.7 Å². The standard InChI is InChI=1S/C22H33N3O3/c1-16(2)20(23-21(27)17-8-4-3-5-9-17)22(28)25-14-12-24(13-15-25)18-10-6-7-11-19(18)26/h6-7,10-11,16-17,20,26H,3-5,8-9,12-15H2,1-2H3,(H,23,27). The molecule has 1 aliphatic heterocycles. The fourth-order valence-corrected chi connectivity index (χ4v) is 4.25. The van der Waals surface area contributed by atoms with E-state index in [-0.39, 0.29) is 29.4 Å². The molecule has 1 aliphatic carbocycles. The molecule has 1 saturated heterocycles. The fourth-order valence-electron chi connectivity index (χ4n) is 4.25. The number of aromatic hydroxyl groups is 1. The number of hydrogen-bond acceptors (Lipinski definition) is 4. The normalized spacial score (nSPS) is 19.5. The molecule has 2 aliphatic rings. The second-order valence-electron chi connectivity index (χ2n) is 8.37. The van der Waals surface area contributed by atoms with E-state index in [2.05, 4.69) is 10.2 Å². The van der Waals surface area contributed by atoms with E-state index in [1.807, 2.05) is 30.9 Å². The van der Waals surface area contributed by atoms with Crippen LogP contribution >= 0.6 is 0 Å². The minimum atomic E-state index is -0.467. The van der Waals surface area contributed by atoms with Gasteiger partial charge < -0.3 is 20.2 Å². The summed E-state index contributed by atoms with van der Waals surface area (Å²) in [6.07, 6.45) is 5.28. The number of phenolic OH excluding ortho intramolecular Hbond substituents is 1. The summed E-state index contributed by atoms with van der Waals surface area (Å²) in [5.74, 6) is 0.426. The number of benzene rings is 1. The molecule has 0 radical (unpaired) electrons. The quantitative estimate of drug-likeness (QED) is 0.815. The van der Waals surface area contributed by atoms with Crippen molar-refractivity contribution in [3.05, 3.63) is 24.3 Å². The van der Waals surface area contributed by atoms with Crippen molar-refractivity contribution < 1.29 is 14.7 Å². The molecule has 1 heterocycles. The van der Waals surface area contributed by atoms with Crippen molar-refractivity contribution in [2.24, 2.45) is 11.8 Å². The number of hydrogen-bond donors (Lipinski definition) is 2. The van der Waals surface area contributed by atoms with Crippen LogP contribution in [0.25, 0.3) is 0 Å². The summed E-state index contributed by atoms with van der Waals surface area (Å²) < 4.78 is 0. The number of anilines is 1. The highest BCUT2D eigenvalue weighted by atomic mass is 16.3. The second kappa shape index (κ2) is 9.30. The molecular formula is C22H33N3O3. The Morgan fingerprint density at radius 2 is 1.68 bits per heavy atom. The first kappa shape index (κ1) is 20.5. The average molecular weight is 388 g/mol. The highest BCUT2D eigenvalue weighted by Crippen LogP contribution is 2.27. The maximum absolute atomic E-state index is 13.1. The van der Waals surface area contributed by atoms with Gasteiger partial charge in [0.2, 0.25) is 11.8 Å². The first-order valence-electron chi connectivity index (χ1n) is 10.6. The van der Waals surface area contributed by atoms with Gasteiger partial charge in [-0.1, -0.05) is 45.2 Å². The van der Waals surface area contributed by atoms with Crippen LogP contribution in [-0.2, 0) is 9.59 Å². The molecule has 6 nitrogen and oxygen atoms in total. The zero-order chi connectivity index (χ0) is 20.1. The molecule has 2 amide bonds. The van der Waals surface area contributed by atoms with Crippen LogP contribution in [-0.4, -0.2) is 54.0 Å². The van der Waals surface area contributed by atoms with Crippen molar-refractivity contribution in [2.75, 3.05) is 31.1 Å². The molecule has 3 rings (SSSR count). The molecule has 1 unspecified atom stereocenters. The van der Waals surface area contributed by atoms with Crippen LogP contribution in [0.1, 0.15) is 46.0 Å². The van der Waals surface area contributed by atoms with Gasteiger partial charge in [-0.05, 0) is 30.9 Å². The predicted molar refractivity (Wildman–Crippen MR) is 110 cm³/mol. The second-order valence-corrected chi connectivity index (χ2v) is 8.37. The topological polar surface area (TPSA) is 72.9 Å². The Labute approximate surface area is 167 Å². The molecule has 0 aromatic heterocycles. The van der Waals surface area contributed by atoms with E-state index >= 15 is 0 Å². The van der Waals surface area contributed by atoms with E-state index in [1.165, 1.54) is 6.42 Å². The zero-order valence-corrected chi connectivity index (χ0v) is 17.1. The Kier molecular flexibility index (Phi) is 6.81. The lowest BCUT2D eigenvalue weighted by Crippen LogP contribution is -2.57. The minimum absolute atomic E-state index is 0.0103. The molecule has 2 N–H and O–H groups in total. The first-order chi connectivity index (χ1) is 13.5. The number of nitrogens with one attached hydrogen (secondary N) is 1. The van der Waals surface area contributed by atoms with Crippen LogP contribution in [0.5, 0.6) is 5.75 Å². The number of phenols is 1. The molecule has 0 bridgehead atoms. The Balaban J connectivity index is 1.58. The van der Waals surface area contributed by atoms with Gasteiger partial charge in [0, 0.05) is 32.1 Å². The van der Waals surface area contributed by atoms with E-state index in [0.29, 0.717) is 26.2 Å². The SMILES string of the molecule is CC(C)C(NC(=O)C1CCCCC1)C(=O)N1CCN(c2ccccc2O)CC1. The molecule has 1 aromatic carbocycles. The van der Waals surface area contributed by atoms with Crippen molar-refractivity contribution in [1.29, 1.82) is 0 Å². The fraction of sp³-hybridized carbons (Fsp3) is 0.636. The molecule has 2 fully saturated rings. The zero-order valence-electron chi connectivity index (χ0n) is 17.1. The summed E-state index contributed by atoms with van der Waals surface area (Å²) in [6.45, 7) is 6.50. The monoisotopic (exact) mass is 387 g/mol. The van der Waals surface area contributed by atoms with E-state index in [4.69, 9.17) is 0 Å². The number of para-hydroxylation sites is 2. The average Bonchev–Trinajstić information content (AvgIpc) is 2.72. The van der Waals surface area contributed by atoms with Gasteiger partial charge >= 0.3 is 0 Å². The molecule has 6 heteroatoms. The Morgan fingerprint density at radius 1 is 1.04 bits per heavy atom. The summed E-state index contributed by atoms with van der Waals surface area (Å²) in [4.78, 5) is 29.7. The molecule has 1 atom stereocenters. The maximum Gasteiger partial charge on any atom is 0.245 e. The number of piperazine rings is 1. The lowest BCUT2D eigenvalue weighted by molar-refractivity contribution is -0.139. The van der Waals surface area contributed by atoms with Crippen LogP contribution in [0.15, 0.2) is 24.3 Å². The van der Waals surface area contributed by atoms with E-state index in [1.54, 1.807) is 12.1 Å². The Hall–Kier alpha value is -2.24. The number of carbonyl (C=O) groups excluding carboxylic acids is 2. The first-order valence-corrected chi connectivity index (χ1v) is 10.6. The van der Waals surface area contributed by atoms with Gasteiger partial charge in [0.05, 0.1) is 5.69 Å². The molecule has 0 spiro atoms. The third kappa shape index (κ3) is 4.78. The number of rotatable bonds is 5. The lowest BCUT2D eigenvalue weighted by Gasteiger charge is -2.38. The number of nitrogens with zero attached hydrogens (tertiary/aromatic N) is 2. The van der Waals surface area contributed by atoms with Crippen molar-refractivity contribution in [3.63, 3.8) is 0 Å². The highest BCUT2D eigenvalue weighted by Gasteiger charge is 2.33. The molecule has 1 aromatic rings. The van der Waals surface area contributed by atoms with Crippen LogP contribution in [0.4, 0.5) is 5.69 Å². The van der Waals surface area contributed by atoms with Crippen molar-refractivity contribution in [2.45, 2.75) is 52.0 Å². The van der Waals surface area contributed by atoms with Crippen LogP contribution in [0.2, 0.25) is 0 Å². The largest absolute Gasteiger partial charge is 0.506 e. The highest BCUT2D eigenvalue weighted by molar-refractivity contribution is 5.89. The van der Waals surface area contributed by atoms with Crippen molar-refractivity contribution in [1.82, 2.24) is 10.2 Å². The summed E-state index contributed by atoms with van der Waals surface area (Å²) in [5.41, 5.74) is 0.806. The smallest absolute Gasteiger partial charge is 0.245 e. The van der Waals surface area contributed by atoms with Crippen molar-refractivity contribution >= 4 is 17.5 Å². The molecule has 28 heavy (non-hydrogen) atoms. The molecule has 154 valence electrons. The Bertz CT molecular complexity index is 677. The number of carbonyl (C=O) groups is 2. The van der Waals surface area contributed by atoms with Gasteiger partial charge in [0.25, 0.3) is 0 Å². The van der Waals surface area contributed by atoms with Gasteiger partial charge in [-0.2, -0.15) is 0 Å². The lowest BCUT2D eigenvalue weighted by atomic mass is 9.88. The van der Waals surface area contributed by atoms with Crippen molar-refractivity contribution in [3.8, 4) is 5.75 Å². The van der Waals surface area contributed by atoms with Gasteiger partial charge in [-0.25, -0.2) is 0 Å². The third-order valence-corrected chi connectivity index (χ3v) is 6.02. The van der Waals surface area contributed by atoms with E-state index in [0.717, 1.165) is 31.4 Å². The van der Waals surface area contributed by atoms with Crippen LogP contribution in [0, 0.1) is 11.8 Å². The van der Waals surface area contributed by atoms with Gasteiger partial charge in [-0.3, -0.25) is 9.59 Å². The predicted octanol–water partition coefficient (Wildman–Crippen LogP) is 2.76. The van der Waals surface area contributed by atoms with Gasteiger partial charge in [-0.15, -0.1) is 0 Å². The summed E-state index contributed by atoms with van der Waals surface area (Å²) in [6, 6.07) is 6.82. The summed E-state index contributed by atoms with van der Waals surface area (Å²) in [7, 11) is 0. The molecular weight excluding hydrogens is 354 g/mol. The summed E-state index contributed by atoms with van der Waals surface area (Å²) >= 11 is 0.